The fourth-order valence-corrected chi connectivity index (χ4v) is 3.86. The zero-order chi connectivity index (χ0) is 17.6. The van der Waals surface area contributed by atoms with Crippen LogP contribution >= 0.6 is 12.4 Å². The average Bonchev–Trinajstić information content (AvgIpc) is 3.01. The number of sulfonamides is 1. The molecule has 142 valence electrons. The number of amides is 1. The van der Waals surface area contributed by atoms with Crippen molar-refractivity contribution in [1.82, 2.24) is 10.0 Å². The number of hydrogen-bond donors (Lipinski definition) is 3. The topological polar surface area (TPSA) is 111 Å². The third-order valence-electron chi connectivity index (χ3n) is 4.21. The molecule has 7 nitrogen and oxygen atoms in total. The largest absolute Gasteiger partial charge is 0.383 e. The molecule has 1 aliphatic carbocycles. The molecule has 1 saturated carbocycles. The molecule has 0 saturated heterocycles. The van der Waals surface area contributed by atoms with Crippen molar-refractivity contribution >= 4 is 28.3 Å². The Hall–Kier alpha value is -1.19. The number of benzene rings is 1. The van der Waals surface area contributed by atoms with Gasteiger partial charge in [-0.05, 0) is 30.5 Å². The van der Waals surface area contributed by atoms with E-state index in [0.717, 1.165) is 12.8 Å². The van der Waals surface area contributed by atoms with Crippen LogP contribution in [-0.2, 0) is 26.1 Å². The molecule has 1 aliphatic rings. The van der Waals surface area contributed by atoms with Gasteiger partial charge < -0.3 is 15.8 Å². The molecule has 1 fully saturated rings. The Balaban J connectivity index is 0.00000312. The van der Waals surface area contributed by atoms with Crippen LogP contribution in [0.5, 0.6) is 0 Å². The molecule has 0 atom stereocenters. The second-order valence-corrected chi connectivity index (χ2v) is 7.85. The SMILES string of the molecule is COCCNS(=O)(=O)c1cccc(CNC(=O)C2(N)CCCC2)c1.Cl. The fraction of sp³-hybridized carbons (Fsp3) is 0.562. The van der Waals surface area contributed by atoms with Crippen LogP contribution in [0.2, 0.25) is 0 Å². The highest BCUT2D eigenvalue weighted by molar-refractivity contribution is 7.89. The van der Waals surface area contributed by atoms with E-state index in [1.54, 1.807) is 18.2 Å². The molecule has 1 aromatic rings. The van der Waals surface area contributed by atoms with Crippen molar-refractivity contribution in [3.8, 4) is 0 Å². The Kier molecular flexibility index (Phi) is 8.30. The summed E-state index contributed by atoms with van der Waals surface area (Å²) in [5, 5.41) is 2.81. The van der Waals surface area contributed by atoms with Gasteiger partial charge in [-0.2, -0.15) is 0 Å². The smallest absolute Gasteiger partial charge is 0.240 e. The molecular weight excluding hydrogens is 366 g/mol. The first kappa shape index (κ1) is 21.9. The molecule has 1 aromatic carbocycles. The van der Waals surface area contributed by atoms with Crippen LogP contribution in [0.1, 0.15) is 31.2 Å². The van der Waals surface area contributed by atoms with E-state index in [9.17, 15) is 13.2 Å². The summed E-state index contributed by atoms with van der Waals surface area (Å²) in [5.41, 5.74) is 6.03. The highest BCUT2D eigenvalue weighted by atomic mass is 35.5. The van der Waals surface area contributed by atoms with Crippen molar-refractivity contribution in [3.05, 3.63) is 29.8 Å². The maximum absolute atomic E-state index is 12.2. The number of hydrogen-bond acceptors (Lipinski definition) is 5. The fourth-order valence-electron chi connectivity index (χ4n) is 2.78. The minimum absolute atomic E-state index is 0. The Morgan fingerprint density at radius 3 is 2.64 bits per heavy atom. The number of halogens is 1. The van der Waals surface area contributed by atoms with Gasteiger partial charge in [0.2, 0.25) is 15.9 Å². The molecule has 25 heavy (non-hydrogen) atoms. The van der Waals surface area contributed by atoms with Gasteiger partial charge in [0.1, 0.15) is 0 Å². The van der Waals surface area contributed by atoms with E-state index in [4.69, 9.17) is 10.5 Å². The number of carbonyl (C=O) groups is 1. The lowest BCUT2D eigenvalue weighted by Crippen LogP contribution is -2.51. The summed E-state index contributed by atoms with van der Waals surface area (Å²) in [4.78, 5) is 12.4. The third kappa shape index (κ3) is 5.93. The monoisotopic (exact) mass is 391 g/mol. The normalized spacial score (nSPS) is 16.2. The molecule has 0 spiro atoms. The molecule has 0 aliphatic heterocycles. The molecule has 1 amide bonds. The Bertz CT molecular complexity index is 676. The van der Waals surface area contributed by atoms with Crippen molar-refractivity contribution in [2.45, 2.75) is 42.7 Å². The van der Waals surface area contributed by atoms with Crippen molar-refractivity contribution < 1.29 is 17.9 Å². The summed E-state index contributed by atoms with van der Waals surface area (Å²) in [6.07, 6.45) is 3.31. The molecule has 0 unspecified atom stereocenters. The van der Waals surface area contributed by atoms with Gasteiger partial charge in [0.15, 0.2) is 0 Å². The molecule has 0 bridgehead atoms. The molecule has 0 aromatic heterocycles. The Labute approximate surface area is 155 Å². The lowest BCUT2D eigenvalue weighted by atomic mass is 9.98. The van der Waals surface area contributed by atoms with Crippen LogP contribution in [0, 0.1) is 0 Å². The number of nitrogens with one attached hydrogen (secondary N) is 2. The summed E-state index contributed by atoms with van der Waals surface area (Å²) >= 11 is 0. The quantitative estimate of drug-likeness (QED) is 0.571. The molecule has 4 N–H and O–H groups in total. The van der Waals surface area contributed by atoms with Crippen LogP contribution in [0.15, 0.2) is 29.2 Å². The Morgan fingerprint density at radius 2 is 2.00 bits per heavy atom. The predicted molar refractivity (Wildman–Crippen MR) is 98.0 cm³/mol. The first-order valence-electron chi connectivity index (χ1n) is 8.02. The van der Waals surface area contributed by atoms with Gasteiger partial charge in [-0.1, -0.05) is 25.0 Å². The molecule has 0 radical (unpaired) electrons. The second-order valence-electron chi connectivity index (χ2n) is 6.08. The van der Waals surface area contributed by atoms with Crippen LogP contribution in [0.3, 0.4) is 0 Å². The minimum Gasteiger partial charge on any atom is -0.383 e. The van der Waals surface area contributed by atoms with E-state index in [0.29, 0.717) is 25.0 Å². The molecular formula is C16H26ClN3O4S. The maximum Gasteiger partial charge on any atom is 0.240 e. The summed E-state index contributed by atoms with van der Waals surface area (Å²) in [7, 11) is -2.08. The second kappa shape index (κ2) is 9.49. The van der Waals surface area contributed by atoms with E-state index in [-0.39, 0.29) is 36.3 Å². The summed E-state index contributed by atoms with van der Waals surface area (Å²) in [6, 6.07) is 6.49. The van der Waals surface area contributed by atoms with Crippen molar-refractivity contribution in [2.24, 2.45) is 5.73 Å². The van der Waals surface area contributed by atoms with Gasteiger partial charge in [0, 0.05) is 20.2 Å². The predicted octanol–water partition coefficient (Wildman–Crippen LogP) is 0.921. The number of rotatable bonds is 8. The zero-order valence-electron chi connectivity index (χ0n) is 14.3. The number of methoxy groups -OCH3 is 1. The molecule has 9 heteroatoms. The van der Waals surface area contributed by atoms with E-state index in [2.05, 4.69) is 10.0 Å². The first-order chi connectivity index (χ1) is 11.4. The number of ether oxygens (including phenoxy) is 1. The highest BCUT2D eigenvalue weighted by Gasteiger charge is 2.36. The van der Waals surface area contributed by atoms with Crippen molar-refractivity contribution in [3.63, 3.8) is 0 Å². The summed E-state index contributed by atoms with van der Waals surface area (Å²) in [6.45, 7) is 0.752. The van der Waals surface area contributed by atoms with Gasteiger partial charge in [0.25, 0.3) is 0 Å². The van der Waals surface area contributed by atoms with Crippen LogP contribution in [0.25, 0.3) is 0 Å². The van der Waals surface area contributed by atoms with E-state index in [1.807, 2.05) is 0 Å². The van der Waals surface area contributed by atoms with Gasteiger partial charge >= 0.3 is 0 Å². The lowest BCUT2D eigenvalue weighted by molar-refractivity contribution is -0.126. The number of carbonyl (C=O) groups excluding carboxylic acids is 1. The van der Waals surface area contributed by atoms with Gasteiger partial charge in [-0.15, -0.1) is 12.4 Å². The van der Waals surface area contributed by atoms with E-state index >= 15 is 0 Å². The number of nitrogens with two attached hydrogens (primary N) is 1. The third-order valence-corrected chi connectivity index (χ3v) is 5.67. The first-order valence-corrected chi connectivity index (χ1v) is 9.50. The van der Waals surface area contributed by atoms with E-state index in [1.165, 1.54) is 13.2 Å². The van der Waals surface area contributed by atoms with Gasteiger partial charge in [0.05, 0.1) is 17.0 Å². The highest BCUT2D eigenvalue weighted by Crippen LogP contribution is 2.27. The van der Waals surface area contributed by atoms with E-state index < -0.39 is 15.6 Å². The van der Waals surface area contributed by atoms with Crippen LogP contribution in [-0.4, -0.2) is 40.1 Å². The molecule has 2 rings (SSSR count). The minimum atomic E-state index is -3.59. The van der Waals surface area contributed by atoms with Gasteiger partial charge in [-0.25, -0.2) is 13.1 Å². The van der Waals surface area contributed by atoms with Crippen molar-refractivity contribution in [1.29, 1.82) is 0 Å². The lowest BCUT2D eigenvalue weighted by Gasteiger charge is -2.22. The van der Waals surface area contributed by atoms with Crippen molar-refractivity contribution in [2.75, 3.05) is 20.3 Å². The Morgan fingerprint density at radius 1 is 1.32 bits per heavy atom. The molecule has 0 heterocycles. The average molecular weight is 392 g/mol. The van der Waals surface area contributed by atoms with Crippen LogP contribution < -0.4 is 15.8 Å². The maximum atomic E-state index is 12.2. The van der Waals surface area contributed by atoms with Gasteiger partial charge in [-0.3, -0.25) is 4.79 Å². The zero-order valence-corrected chi connectivity index (χ0v) is 15.9. The summed E-state index contributed by atoms with van der Waals surface area (Å²) < 4.78 is 31.7. The summed E-state index contributed by atoms with van der Waals surface area (Å²) in [5.74, 6) is -0.175. The standard InChI is InChI=1S/C16H25N3O4S.ClH/c1-23-10-9-19-24(21,22)14-6-4-5-13(11-14)12-18-15(20)16(17)7-2-3-8-16;/h4-6,11,19H,2-3,7-10,12,17H2,1H3,(H,18,20);1H. The van der Waals surface area contributed by atoms with Crippen LogP contribution in [0.4, 0.5) is 0 Å².